The molecule has 7 nitrogen and oxygen atoms in total. The number of rotatable bonds is 19. The number of benzene rings is 1. The Labute approximate surface area is 231 Å². The van der Waals surface area contributed by atoms with Gasteiger partial charge in [0.05, 0.1) is 7.11 Å². The van der Waals surface area contributed by atoms with Gasteiger partial charge in [-0.3, -0.25) is 0 Å². The standard InChI is InChI=1S/C31H52N6O/c1-3-4-5-6-7-8-9-10-11-12-13-14-15-16-21-33-30-29(32)31(35-26-34-30)37-24-22-36(23-25-37)27-17-19-28(38-2)20-18-27/h17-20,26H,3-16,21-25,32H2,1-2H3,(H,33,34,35). The normalized spacial score (nSPS) is 13.6. The van der Waals surface area contributed by atoms with Crippen molar-refractivity contribution in [3.8, 4) is 5.75 Å². The third-order valence-corrected chi connectivity index (χ3v) is 7.70. The van der Waals surface area contributed by atoms with Gasteiger partial charge in [-0.25, -0.2) is 9.97 Å². The summed E-state index contributed by atoms with van der Waals surface area (Å²) in [5, 5.41) is 3.46. The number of aromatic nitrogens is 2. The lowest BCUT2D eigenvalue weighted by Crippen LogP contribution is -2.47. The highest BCUT2D eigenvalue weighted by molar-refractivity contribution is 5.75. The van der Waals surface area contributed by atoms with E-state index in [0.29, 0.717) is 5.69 Å². The van der Waals surface area contributed by atoms with Crippen LogP contribution in [0.4, 0.5) is 23.0 Å². The van der Waals surface area contributed by atoms with Crippen LogP contribution in [0.15, 0.2) is 30.6 Å². The minimum Gasteiger partial charge on any atom is -0.497 e. The van der Waals surface area contributed by atoms with Gasteiger partial charge in [-0.05, 0) is 30.7 Å². The molecular weight excluding hydrogens is 472 g/mol. The molecule has 3 N–H and O–H groups in total. The zero-order chi connectivity index (χ0) is 26.8. The van der Waals surface area contributed by atoms with Gasteiger partial charge in [-0.15, -0.1) is 0 Å². The molecule has 3 rings (SSSR count). The minimum absolute atomic E-state index is 0.663. The summed E-state index contributed by atoms with van der Waals surface area (Å²) in [5.41, 5.74) is 8.38. The second kappa shape index (κ2) is 17.7. The molecule has 1 fully saturated rings. The van der Waals surface area contributed by atoms with Crippen molar-refractivity contribution in [2.45, 2.75) is 96.8 Å². The quantitative estimate of drug-likeness (QED) is 0.187. The van der Waals surface area contributed by atoms with Crippen molar-refractivity contribution in [2.75, 3.05) is 60.7 Å². The predicted molar refractivity (Wildman–Crippen MR) is 163 cm³/mol. The van der Waals surface area contributed by atoms with Gasteiger partial charge in [0.15, 0.2) is 11.6 Å². The number of hydrogen-bond acceptors (Lipinski definition) is 7. The summed E-state index contributed by atoms with van der Waals surface area (Å²) in [7, 11) is 1.70. The molecule has 0 atom stereocenters. The van der Waals surface area contributed by atoms with Crippen molar-refractivity contribution in [3.05, 3.63) is 30.6 Å². The number of piperazine rings is 1. The first-order valence-electron chi connectivity index (χ1n) is 15.2. The average Bonchev–Trinajstić information content (AvgIpc) is 2.96. The van der Waals surface area contributed by atoms with Crippen LogP contribution in [0.2, 0.25) is 0 Å². The van der Waals surface area contributed by atoms with Crippen molar-refractivity contribution >= 4 is 23.0 Å². The van der Waals surface area contributed by atoms with Crippen LogP contribution in [0.1, 0.15) is 96.8 Å². The first-order chi connectivity index (χ1) is 18.7. The molecule has 0 radical (unpaired) electrons. The van der Waals surface area contributed by atoms with Gasteiger partial charge in [0.1, 0.15) is 17.8 Å². The molecule has 212 valence electrons. The van der Waals surface area contributed by atoms with Crippen molar-refractivity contribution in [1.29, 1.82) is 0 Å². The zero-order valence-electron chi connectivity index (χ0n) is 24.1. The Bertz CT molecular complexity index is 882. The van der Waals surface area contributed by atoms with Crippen LogP contribution in [-0.4, -0.2) is 49.8 Å². The lowest BCUT2D eigenvalue weighted by molar-refractivity contribution is 0.415. The van der Waals surface area contributed by atoms with Crippen LogP contribution in [-0.2, 0) is 0 Å². The second-order valence-electron chi connectivity index (χ2n) is 10.7. The van der Waals surface area contributed by atoms with Crippen molar-refractivity contribution in [3.63, 3.8) is 0 Å². The van der Waals surface area contributed by atoms with E-state index >= 15 is 0 Å². The fraction of sp³-hybridized carbons (Fsp3) is 0.677. The molecule has 2 aromatic rings. The lowest BCUT2D eigenvalue weighted by Gasteiger charge is -2.37. The monoisotopic (exact) mass is 524 g/mol. The third-order valence-electron chi connectivity index (χ3n) is 7.70. The van der Waals surface area contributed by atoms with Gasteiger partial charge in [-0.1, -0.05) is 90.4 Å². The van der Waals surface area contributed by atoms with Gasteiger partial charge in [0.25, 0.3) is 0 Å². The fourth-order valence-corrected chi connectivity index (χ4v) is 5.27. The highest BCUT2D eigenvalue weighted by atomic mass is 16.5. The van der Waals surface area contributed by atoms with Gasteiger partial charge < -0.3 is 25.6 Å². The van der Waals surface area contributed by atoms with Crippen LogP contribution >= 0.6 is 0 Å². The first kappa shape index (κ1) is 29.9. The molecule has 0 spiro atoms. The van der Waals surface area contributed by atoms with E-state index in [0.717, 1.165) is 56.5 Å². The number of unbranched alkanes of at least 4 members (excludes halogenated alkanes) is 13. The molecule has 0 aliphatic carbocycles. The molecule has 1 aromatic heterocycles. The molecule has 1 aliphatic rings. The minimum atomic E-state index is 0.663. The molecule has 0 unspecified atom stereocenters. The summed E-state index contributed by atoms with van der Waals surface area (Å²) in [6, 6.07) is 8.26. The van der Waals surface area contributed by atoms with Gasteiger partial charge in [0.2, 0.25) is 0 Å². The molecule has 2 heterocycles. The highest BCUT2D eigenvalue weighted by Crippen LogP contribution is 2.28. The zero-order valence-corrected chi connectivity index (χ0v) is 24.1. The molecule has 38 heavy (non-hydrogen) atoms. The van der Waals surface area contributed by atoms with Gasteiger partial charge in [0, 0.05) is 38.4 Å². The van der Waals surface area contributed by atoms with Crippen molar-refractivity contribution in [1.82, 2.24) is 9.97 Å². The Morgan fingerprint density at radius 3 is 1.82 bits per heavy atom. The molecule has 1 aliphatic heterocycles. The Kier molecular flexibility index (Phi) is 13.9. The Morgan fingerprint density at radius 1 is 0.737 bits per heavy atom. The van der Waals surface area contributed by atoms with Crippen molar-refractivity contribution in [2.24, 2.45) is 0 Å². The summed E-state index contributed by atoms with van der Waals surface area (Å²) >= 11 is 0. The smallest absolute Gasteiger partial charge is 0.157 e. The number of methoxy groups -OCH3 is 1. The molecular formula is C31H52N6O. The van der Waals surface area contributed by atoms with Crippen molar-refractivity contribution < 1.29 is 4.74 Å². The van der Waals surface area contributed by atoms with E-state index in [-0.39, 0.29) is 0 Å². The number of anilines is 4. The van der Waals surface area contributed by atoms with Crippen LogP contribution in [0.3, 0.4) is 0 Å². The SMILES string of the molecule is CCCCCCCCCCCCCCCCNc1ncnc(N2CCN(c3ccc(OC)cc3)CC2)c1N. The number of hydrogen-bond donors (Lipinski definition) is 2. The summed E-state index contributed by atoms with van der Waals surface area (Å²) in [6.07, 6.45) is 20.9. The number of ether oxygens (including phenoxy) is 1. The lowest BCUT2D eigenvalue weighted by atomic mass is 10.0. The molecule has 0 bridgehead atoms. The topological polar surface area (TPSA) is 79.5 Å². The van der Waals surface area contributed by atoms with E-state index < -0.39 is 0 Å². The van der Waals surface area contributed by atoms with Crippen LogP contribution < -0.4 is 25.6 Å². The highest BCUT2D eigenvalue weighted by Gasteiger charge is 2.21. The number of nitrogens with zero attached hydrogens (tertiary/aromatic N) is 4. The van der Waals surface area contributed by atoms with Crippen LogP contribution in [0.5, 0.6) is 5.75 Å². The number of nitrogens with two attached hydrogens (primary N) is 1. The third kappa shape index (κ3) is 10.2. The first-order valence-corrected chi connectivity index (χ1v) is 15.2. The fourth-order valence-electron chi connectivity index (χ4n) is 5.27. The molecule has 1 aromatic carbocycles. The number of nitrogens with one attached hydrogen (secondary N) is 1. The average molecular weight is 525 g/mol. The Balaban J connectivity index is 1.26. The Morgan fingerprint density at radius 2 is 1.26 bits per heavy atom. The maximum Gasteiger partial charge on any atom is 0.157 e. The number of nitrogen functional groups attached to an aromatic ring is 1. The maximum atomic E-state index is 6.50. The molecule has 1 saturated heterocycles. The summed E-state index contributed by atoms with van der Waals surface area (Å²) in [4.78, 5) is 13.6. The van der Waals surface area contributed by atoms with Gasteiger partial charge >= 0.3 is 0 Å². The Hall–Kier alpha value is -2.70. The predicted octanol–water partition coefficient (Wildman–Crippen LogP) is 7.29. The summed E-state index contributed by atoms with van der Waals surface area (Å²) in [5.74, 6) is 2.50. The molecule has 0 saturated carbocycles. The molecule has 0 amide bonds. The van der Waals surface area contributed by atoms with Crippen LogP contribution in [0.25, 0.3) is 0 Å². The van der Waals surface area contributed by atoms with Gasteiger partial charge in [-0.2, -0.15) is 0 Å². The van der Waals surface area contributed by atoms with E-state index in [9.17, 15) is 0 Å². The van der Waals surface area contributed by atoms with Crippen LogP contribution in [0, 0.1) is 0 Å². The second-order valence-corrected chi connectivity index (χ2v) is 10.7. The summed E-state index contributed by atoms with van der Waals surface area (Å²) < 4.78 is 5.28. The van der Waals surface area contributed by atoms with E-state index in [2.05, 4.69) is 44.1 Å². The van der Waals surface area contributed by atoms with E-state index in [4.69, 9.17) is 10.5 Å². The molecule has 7 heteroatoms. The maximum absolute atomic E-state index is 6.50. The largest absolute Gasteiger partial charge is 0.497 e. The van der Waals surface area contributed by atoms with E-state index in [1.54, 1.807) is 13.4 Å². The van der Waals surface area contributed by atoms with E-state index in [1.807, 2.05) is 12.1 Å². The van der Waals surface area contributed by atoms with E-state index in [1.165, 1.54) is 89.2 Å². The summed E-state index contributed by atoms with van der Waals surface area (Å²) in [6.45, 7) is 6.81.